The molecule has 2 aromatic rings. The van der Waals surface area contributed by atoms with Crippen molar-refractivity contribution in [3.05, 3.63) is 65.3 Å². The predicted molar refractivity (Wildman–Crippen MR) is 121 cm³/mol. The number of rotatable bonds is 8. The van der Waals surface area contributed by atoms with Crippen LogP contribution in [0.4, 0.5) is 9.18 Å². The number of likely N-dealkylation sites (tertiary alicyclic amines) is 1. The smallest absolute Gasteiger partial charge is 0.318 e. The van der Waals surface area contributed by atoms with Gasteiger partial charge in [-0.25, -0.2) is 9.18 Å². The average Bonchev–Trinajstić information content (AvgIpc) is 2.86. The SMILES string of the molecule is [2H]c1c(F)ccc(C([2H])([2H])N(C(=O)NC([2H])([2H])c2c([2H])c([2H])c(OCC(C)C)c([2H])c2[2H])C2CCN(C)CC2)c1[2H]. The molecule has 0 aromatic heterocycles. The number of nitrogens with one attached hydrogen (secondary N) is 1. The van der Waals surface area contributed by atoms with Crippen molar-refractivity contribution in [1.82, 2.24) is 15.1 Å². The van der Waals surface area contributed by atoms with E-state index in [1.165, 1.54) is 0 Å². The molecule has 3 rings (SSSR count). The van der Waals surface area contributed by atoms with E-state index in [1.54, 1.807) is 0 Å². The maximum absolute atomic E-state index is 13.9. The average molecular weight is 438 g/mol. The van der Waals surface area contributed by atoms with Gasteiger partial charge in [0.2, 0.25) is 0 Å². The Balaban J connectivity index is 2.07. The molecule has 5 nitrogen and oxygen atoms in total. The van der Waals surface area contributed by atoms with Crippen LogP contribution in [0.5, 0.6) is 5.75 Å². The molecular formula is C25H34FN3O2. The lowest BCUT2D eigenvalue weighted by Crippen LogP contribution is -2.49. The summed E-state index contributed by atoms with van der Waals surface area (Å²) >= 11 is 0. The Morgan fingerprint density at radius 2 is 1.90 bits per heavy atom. The molecule has 2 aromatic carbocycles. The normalized spacial score (nSPS) is 20.7. The highest BCUT2D eigenvalue weighted by molar-refractivity contribution is 5.74. The van der Waals surface area contributed by atoms with Crippen LogP contribution in [0.3, 0.4) is 0 Å². The first-order chi connectivity index (χ1) is 18.9. The van der Waals surface area contributed by atoms with Crippen LogP contribution in [0, 0.1) is 11.7 Å². The van der Waals surface area contributed by atoms with Crippen molar-refractivity contribution < 1.29 is 27.6 Å². The van der Waals surface area contributed by atoms with Crippen LogP contribution in [0.1, 0.15) is 51.5 Å². The molecule has 0 spiro atoms. The van der Waals surface area contributed by atoms with Gasteiger partial charge in [-0.05, 0) is 74.2 Å². The Kier molecular flexibility index (Phi) is 4.70. The fourth-order valence-electron chi connectivity index (χ4n) is 2.98. The summed E-state index contributed by atoms with van der Waals surface area (Å²) in [4.78, 5) is 16.4. The van der Waals surface area contributed by atoms with Gasteiger partial charge >= 0.3 is 6.03 Å². The summed E-state index contributed by atoms with van der Waals surface area (Å²) in [7, 11) is 1.85. The van der Waals surface area contributed by atoms with Gasteiger partial charge < -0.3 is 19.9 Å². The number of hydrogen-bond donors (Lipinski definition) is 1. The molecule has 0 radical (unpaired) electrons. The number of piperidine rings is 1. The molecule has 0 saturated carbocycles. The molecule has 1 heterocycles. The highest BCUT2D eigenvalue weighted by Gasteiger charge is 2.27. The molecule has 0 bridgehead atoms. The molecule has 168 valence electrons. The Hall–Kier alpha value is -2.60. The second-order valence-corrected chi connectivity index (χ2v) is 7.83. The fraction of sp³-hybridized carbons (Fsp3) is 0.480. The quantitative estimate of drug-likeness (QED) is 0.653. The zero-order chi connectivity index (χ0) is 31.0. The molecule has 6 heteroatoms. The van der Waals surface area contributed by atoms with E-state index in [-0.39, 0.29) is 31.1 Å². The van der Waals surface area contributed by atoms with Crippen molar-refractivity contribution >= 4 is 6.03 Å². The summed E-state index contributed by atoms with van der Waals surface area (Å²) in [5.74, 6) is -1.38. The first kappa shape index (κ1) is 13.1. The van der Waals surface area contributed by atoms with Crippen LogP contribution in [0.15, 0.2) is 48.4 Å². The van der Waals surface area contributed by atoms with Crippen LogP contribution in [0.25, 0.3) is 0 Å². The maximum atomic E-state index is 13.9. The zero-order valence-electron chi connectivity index (χ0n) is 27.9. The van der Waals surface area contributed by atoms with Gasteiger partial charge in [-0.15, -0.1) is 0 Å². The van der Waals surface area contributed by atoms with E-state index < -0.39 is 78.3 Å². The number of halogens is 1. The van der Waals surface area contributed by atoms with Gasteiger partial charge in [-0.2, -0.15) is 0 Å². The molecule has 1 fully saturated rings. The minimum absolute atomic E-state index is 0.0135. The summed E-state index contributed by atoms with van der Waals surface area (Å²) in [6.45, 7) is -1.07. The second kappa shape index (κ2) is 11.1. The van der Waals surface area contributed by atoms with Crippen molar-refractivity contribution in [3.8, 4) is 5.75 Å². The van der Waals surface area contributed by atoms with E-state index in [0.29, 0.717) is 13.1 Å². The van der Waals surface area contributed by atoms with Crippen LogP contribution in [-0.2, 0) is 13.0 Å². The lowest BCUT2D eigenvalue weighted by molar-refractivity contribution is 0.127. The van der Waals surface area contributed by atoms with Crippen molar-refractivity contribution in [1.29, 1.82) is 0 Å². The Bertz CT molecular complexity index is 1270. The number of benzene rings is 2. The molecule has 1 aliphatic heterocycles. The van der Waals surface area contributed by atoms with E-state index in [2.05, 4.69) is 0 Å². The largest absolute Gasteiger partial charge is 0.493 e. The third-order valence-corrected chi connectivity index (χ3v) is 4.68. The Labute approximate surface area is 199 Å². The van der Waals surface area contributed by atoms with Crippen LogP contribution in [0.2, 0.25) is 0 Å². The molecule has 2 amide bonds. The number of ether oxygens (including phenoxy) is 1. The summed E-state index contributed by atoms with van der Waals surface area (Å²) in [5.41, 5.74) is -1.23. The molecular weight excluding hydrogens is 393 g/mol. The van der Waals surface area contributed by atoms with E-state index in [9.17, 15) is 9.18 Å². The third kappa shape index (κ3) is 7.24. The summed E-state index contributed by atoms with van der Waals surface area (Å²) < 4.78 is 103. The minimum Gasteiger partial charge on any atom is -0.493 e. The minimum atomic E-state index is -3.00. The molecule has 31 heavy (non-hydrogen) atoms. The molecule has 1 N–H and O–H groups in total. The number of carbonyl (C=O) groups excluding carboxylic acids is 1. The first-order valence-electron chi connectivity index (χ1n) is 15.2. The summed E-state index contributed by atoms with van der Waals surface area (Å²) in [6, 6.07) is -4.68. The molecule has 0 unspecified atom stereocenters. The monoisotopic (exact) mass is 437 g/mol. The molecule has 0 atom stereocenters. The third-order valence-electron chi connectivity index (χ3n) is 4.68. The van der Waals surface area contributed by atoms with E-state index in [4.69, 9.17) is 18.4 Å². The fourth-order valence-corrected chi connectivity index (χ4v) is 2.98. The summed E-state index contributed by atoms with van der Waals surface area (Å²) in [5, 5.41) is 2.05. The van der Waals surface area contributed by atoms with Gasteiger partial charge in [-0.3, -0.25) is 0 Å². The second-order valence-electron chi connectivity index (χ2n) is 7.83. The van der Waals surface area contributed by atoms with Crippen molar-refractivity contribution in [2.45, 2.75) is 45.7 Å². The van der Waals surface area contributed by atoms with Crippen LogP contribution in [-0.4, -0.2) is 48.6 Å². The van der Waals surface area contributed by atoms with Gasteiger partial charge in [0.05, 0.1) is 20.3 Å². The molecule has 0 aliphatic carbocycles. The lowest BCUT2D eigenvalue weighted by atomic mass is 10.0. The van der Waals surface area contributed by atoms with Gasteiger partial charge in [-0.1, -0.05) is 38.0 Å². The van der Waals surface area contributed by atoms with E-state index in [1.807, 2.05) is 31.1 Å². The number of urea groups is 1. The van der Waals surface area contributed by atoms with Crippen molar-refractivity contribution in [2.24, 2.45) is 5.92 Å². The Morgan fingerprint density at radius 3 is 2.58 bits per heavy atom. The highest BCUT2D eigenvalue weighted by Crippen LogP contribution is 2.19. The van der Waals surface area contributed by atoms with Crippen molar-refractivity contribution in [3.63, 3.8) is 0 Å². The predicted octanol–water partition coefficient (Wildman–Crippen LogP) is 4.67. The van der Waals surface area contributed by atoms with Crippen LogP contribution >= 0.6 is 0 Å². The summed E-state index contributed by atoms with van der Waals surface area (Å²) in [6.07, 6.45) is 0.579. The highest BCUT2D eigenvalue weighted by atomic mass is 19.1. The number of nitrogens with zero attached hydrogens (tertiary/aromatic N) is 2. The van der Waals surface area contributed by atoms with Gasteiger partial charge in [0, 0.05) is 19.0 Å². The van der Waals surface area contributed by atoms with Crippen molar-refractivity contribution in [2.75, 3.05) is 26.7 Å². The van der Waals surface area contributed by atoms with Gasteiger partial charge in [0.25, 0.3) is 0 Å². The maximum Gasteiger partial charge on any atom is 0.318 e. The number of amides is 2. The number of carbonyl (C=O) groups is 1. The van der Waals surface area contributed by atoms with E-state index in [0.717, 1.165) is 17.0 Å². The Morgan fingerprint density at radius 1 is 1.23 bits per heavy atom. The zero-order valence-corrected chi connectivity index (χ0v) is 17.9. The standard InChI is InChI=1S/C25H34FN3O2/c1-19(2)18-31-24-10-6-20(7-11-24)16-27-25(30)29(23-12-14-28(3)15-13-23)17-21-4-8-22(26)9-5-21/h4-11,19,23H,12-18H2,1-3H3,(H,27,30)/i4D,6D,7D,8D,10D,11D,16D2,17D2. The number of hydrogen-bond acceptors (Lipinski definition) is 3. The van der Waals surface area contributed by atoms with Gasteiger partial charge in [0.1, 0.15) is 11.6 Å². The molecule has 1 aliphatic rings. The lowest BCUT2D eigenvalue weighted by Gasteiger charge is -2.37. The van der Waals surface area contributed by atoms with E-state index >= 15 is 0 Å². The molecule has 1 saturated heterocycles. The first-order valence-corrected chi connectivity index (χ1v) is 10.2. The van der Waals surface area contributed by atoms with Crippen LogP contribution < -0.4 is 10.1 Å². The van der Waals surface area contributed by atoms with Gasteiger partial charge in [0.15, 0.2) is 0 Å². The topological polar surface area (TPSA) is 44.8 Å².